The van der Waals surface area contributed by atoms with Crippen molar-refractivity contribution in [1.29, 1.82) is 0 Å². The maximum Gasteiger partial charge on any atom is 0.416 e. The minimum atomic E-state index is -4.96. The highest BCUT2D eigenvalue weighted by Gasteiger charge is 2.49. The highest BCUT2D eigenvalue weighted by atomic mass is 19.4. The molecule has 0 aliphatic heterocycles. The smallest absolute Gasteiger partial charge is 0.416 e. The molecule has 146 valence electrons. The van der Waals surface area contributed by atoms with Crippen LogP contribution in [0.1, 0.15) is 18.1 Å². The maximum absolute atomic E-state index is 13.3. The fourth-order valence-electron chi connectivity index (χ4n) is 2.77. The molecule has 0 saturated heterocycles. The molecule has 7 heteroatoms. The number of benzene rings is 2. The molecule has 2 aromatic rings. The number of aliphatic hydroxyl groups is 1. The van der Waals surface area contributed by atoms with E-state index in [2.05, 4.69) is 0 Å². The number of hydrogen-bond acceptors (Lipinski definition) is 4. The van der Waals surface area contributed by atoms with Crippen LogP contribution >= 0.6 is 0 Å². The van der Waals surface area contributed by atoms with Crippen molar-refractivity contribution < 1.29 is 27.8 Å². The summed E-state index contributed by atoms with van der Waals surface area (Å²) in [5, 5.41) is 9.90. The summed E-state index contributed by atoms with van der Waals surface area (Å²) in [4.78, 5) is 13.6. The van der Waals surface area contributed by atoms with Crippen molar-refractivity contribution in [3.63, 3.8) is 0 Å². The van der Waals surface area contributed by atoms with Gasteiger partial charge in [0, 0.05) is 13.1 Å². The quantitative estimate of drug-likeness (QED) is 0.711. The predicted molar refractivity (Wildman–Crippen MR) is 94.6 cm³/mol. The summed E-state index contributed by atoms with van der Waals surface area (Å²) in [6, 6.07) is 15.7. The van der Waals surface area contributed by atoms with Gasteiger partial charge in [0.25, 0.3) is 0 Å². The van der Waals surface area contributed by atoms with Crippen LogP contribution in [0.25, 0.3) is 0 Å². The number of rotatable bonds is 8. The summed E-state index contributed by atoms with van der Waals surface area (Å²) in [5.74, 6) is -1.10. The average Bonchev–Trinajstić information content (AvgIpc) is 2.63. The van der Waals surface area contributed by atoms with Crippen molar-refractivity contribution in [2.24, 2.45) is 0 Å². The van der Waals surface area contributed by atoms with E-state index >= 15 is 0 Å². The van der Waals surface area contributed by atoms with Gasteiger partial charge in [-0.2, -0.15) is 13.2 Å². The molecule has 2 unspecified atom stereocenters. The summed E-state index contributed by atoms with van der Waals surface area (Å²) in [6.45, 7) is 1.52. The molecule has 1 N–H and O–H groups in total. The van der Waals surface area contributed by atoms with Crippen LogP contribution in [0.15, 0.2) is 60.7 Å². The molecule has 0 amide bonds. The van der Waals surface area contributed by atoms with E-state index in [9.17, 15) is 23.1 Å². The number of carbonyl (C=O) groups excluding carboxylic acids is 1. The molecule has 2 atom stereocenters. The molecule has 2 rings (SSSR count). The molecule has 0 spiro atoms. The lowest BCUT2D eigenvalue weighted by Gasteiger charge is -2.34. The summed E-state index contributed by atoms with van der Waals surface area (Å²) in [5.41, 5.74) is 1.44. The van der Waals surface area contributed by atoms with Gasteiger partial charge in [0.15, 0.2) is 6.10 Å². The second-order valence-corrected chi connectivity index (χ2v) is 6.06. The van der Waals surface area contributed by atoms with E-state index in [0.29, 0.717) is 0 Å². The number of aliphatic hydroxyl groups excluding tert-OH is 1. The Bertz CT molecular complexity index is 666. The number of halogens is 3. The fraction of sp³-hybridized carbons (Fsp3) is 0.350. The first-order valence-electron chi connectivity index (χ1n) is 8.56. The van der Waals surface area contributed by atoms with Gasteiger partial charge in [-0.25, -0.2) is 0 Å². The number of ether oxygens (including phenoxy) is 1. The van der Waals surface area contributed by atoms with Crippen LogP contribution in [-0.4, -0.2) is 40.9 Å². The molecule has 0 aromatic heterocycles. The molecule has 4 nitrogen and oxygen atoms in total. The van der Waals surface area contributed by atoms with Gasteiger partial charge in [0.2, 0.25) is 0 Å². The highest BCUT2D eigenvalue weighted by molar-refractivity contribution is 5.76. The molecule has 0 bridgehead atoms. The highest BCUT2D eigenvalue weighted by Crippen LogP contribution is 2.27. The van der Waals surface area contributed by atoms with Crippen LogP contribution < -0.4 is 0 Å². The zero-order valence-electron chi connectivity index (χ0n) is 14.9. The second kappa shape index (κ2) is 9.53. The van der Waals surface area contributed by atoms with Crippen molar-refractivity contribution in [3.8, 4) is 0 Å². The number of carbonyl (C=O) groups is 1. The Hall–Kier alpha value is -2.38. The molecule has 0 fully saturated rings. The lowest BCUT2D eigenvalue weighted by atomic mass is 10.1. The molecular weight excluding hydrogens is 359 g/mol. The number of hydrogen-bond donors (Lipinski definition) is 1. The summed E-state index contributed by atoms with van der Waals surface area (Å²) in [6.07, 6.45) is -7.81. The molecule has 2 aromatic carbocycles. The Morgan fingerprint density at radius 1 is 1.00 bits per heavy atom. The van der Waals surface area contributed by atoms with Crippen LogP contribution in [-0.2, 0) is 22.6 Å². The van der Waals surface area contributed by atoms with Gasteiger partial charge in [-0.3, -0.25) is 9.69 Å². The van der Waals surface area contributed by atoms with Crippen molar-refractivity contribution in [3.05, 3.63) is 71.8 Å². The van der Waals surface area contributed by atoms with Gasteiger partial charge in [-0.05, 0) is 18.1 Å². The number of esters is 1. The zero-order valence-corrected chi connectivity index (χ0v) is 14.9. The van der Waals surface area contributed by atoms with E-state index in [1.165, 1.54) is 11.8 Å². The monoisotopic (exact) mass is 381 g/mol. The van der Waals surface area contributed by atoms with Gasteiger partial charge in [0.1, 0.15) is 6.04 Å². The molecule has 27 heavy (non-hydrogen) atoms. The Labute approximate surface area is 156 Å². The van der Waals surface area contributed by atoms with Crippen molar-refractivity contribution >= 4 is 5.97 Å². The topological polar surface area (TPSA) is 49.8 Å². The van der Waals surface area contributed by atoms with Crippen LogP contribution in [0.3, 0.4) is 0 Å². The molecule has 0 aliphatic carbocycles. The first-order chi connectivity index (χ1) is 12.8. The Kier molecular flexibility index (Phi) is 7.38. The largest absolute Gasteiger partial charge is 0.465 e. The number of alkyl halides is 3. The molecular formula is C20H22F3NO3. The first-order valence-corrected chi connectivity index (χ1v) is 8.56. The number of nitrogens with zero attached hydrogens (tertiary/aromatic N) is 1. The third-order valence-corrected chi connectivity index (χ3v) is 4.01. The SMILES string of the molecule is CCOC(=O)C(C(O)C(F)(F)F)N(Cc1ccccc1)Cc1ccccc1. The van der Waals surface area contributed by atoms with E-state index < -0.39 is 24.3 Å². The molecule has 0 saturated carbocycles. The standard InChI is InChI=1S/C20H22F3NO3/c1-2-27-19(26)17(18(25)20(21,22)23)24(13-15-9-5-3-6-10-15)14-16-11-7-4-8-12-16/h3-12,17-18,25H,2,13-14H2,1H3. The minimum absolute atomic E-state index is 0.0480. The van der Waals surface area contributed by atoms with E-state index in [0.717, 1.165) is 11.1 Å². The molecule has 0 heterocycles. The van der Waals surface area contributed by atoms with Gasteiger partial charge in [0.05, 0.1) is 6.61 Å². The van der Waals surface area contributed by atoms with E-state index in [1.807, 2.05) is 0 Å². The fourth-order valence-corrected chi connectivity index (χ4v) is 2.77. The van der Waals surface area contributed by atoms with Gasteiger partial charge < -0.3 is 9.84 Å². The minimum Gasteiger partial charge on any atom is -0.465 e. The normalized spacial score (nSPS) is 14.0. The van der Waals surface area contributed by atoms with Crippen LogP contribution in [0.2, 0.25) is 0 Å². The van der Waals surface area contributed by atoms with E-state index in [-0.39, 0.29) is 19.7 Å². The van der Waals surface area contributed by atoms with Crippen molar-refractivity contribution in [1.82, 2.24) is 4.90 Å². The van der Waals surface area contributed by atoms with Crippen LogP contribution in [0.5, 0.6) is 0 Å². The third-order valence-electron chi connectivity index (χ3n) is 4.01. The average molecular weight is 381 g/mol. The second-order valence-electron chi connectivity index (χ2n) is 6.06. The van der Waals surface area contributed by atoms with Crippen LogP contribution in [0.4, 0.5) is 13.2 Å². The van der Waals surface area contributed by atoms with E-state index in [1.54, 1.807) is 60.7 Å². The Morgan fingerprint density at radius 3 is 1.81 bits per heavy atom. The summed E-state index contributed by atoms with van der Waals surface area (Å²) >= 11 is 0. The molecule has 0 aliphatic rings. The van der Waals surface area contributed by atoms with Crippen LogP contribution in [0, 0.1) is 0 Å². The molecule has 0 radical (unpaired) electrons. The zero-order chi connectivity index (χ0) is 19.9. The summed E-state index contributed by atoms with van der Waals surface area (Å²) in [7, 11) is 0. The van der Waals surface area contributed by atoms with Crippen molar-refractivity contribution in [2.75, 3.05) is 6.61 Å². The maximum atomic E-state index is 13.3. The Morgan fingerprint density at radius 2 is 1.44 bits per heavy atom. The van der Waals surface area contributed by atoms with Gasteiger partial charge >= 0.3 is 12.1 Å². The summed E-state index contributed by atoms with van der Waals surface area (Å²) < 4.78 is 44.6. The first kappa shape index (κ1) is 20.9. The lowest BCUT2D eigenvalue weighted by Crippen LogP contribution is -2.54. The van der Waals surface area contributed by atoms with E-state index in [4.69, 9.17) is 4.74 Å². The Balaban J connectivity index is 2.39. The van der Waals surface area contributed by atoms with Crippen molar-refractivity contribution in [2.45, 2.75) is 38.3 Å². The predicted octanol–water partition coefficient (Wildman–Crippen LogP) is 3.54. The van der Waals surface area contributed by atoms with Gasteiger partial charge in [-0.15, -0.1) is 0 Å². The lowest BCUT2D eigenvalue weighted by molar-refractivity contribution is -0.227. The third kappa shape index (κ3) is 6.08. The van der Waals surface area contributed by atoms with Gasteiger partial charge in [-0.1, -0.05) is 60.7 Å².